The van der Waals surface area contributed by atoms with Crippen LogP contribution in [-0.2, 0) is 0 Å². The van der Waals surface area contributed by atoms with Gasteiger partial charge in [-0.25, -0.2) is 4.99 Å². The Morgan fingerprint density at radius 3 is 1.97 bits per heavy atom. The molecule has 156 valence electrons. The highest BCUT2D eigenvalue weighted by Gasteiger charge is 2.31. The van der Waals surface area contributed by atoms with Gasteiger partial charge in [0.2, 0.25) is 5.90 Å². The first-order valence-corrected chi connectivity index (χ1v) is 10.0. The summed E-state index contributed by atoms with van der Waals surface area (Å²) in [7, 11) is 1.63. The Hall–Kier alpha value is -3.27. The molecule has 3 aromatic rings. The number of aryl methyl sites for hydroxylation is 3. The summed E-state index contributed by atoms with van der Waals surface area (Å²) in [6, 6.07) is 21.7. The van der Waals surface area contributed by atoms with Gasteiger partial charge in [0.25, 0.3) is 0 Å². The Balaban J connectivity index is 2.01. The average Bonchev–Trinajstić information content (AvgIpc) is 2.68. The van der Waals surface area contributed by atoms with Gasteiger partial charge in [-0.2, -0.15) is 0 Å². The third kappa shape index (κ3) is 5.41. The molecule has 0 spiro atoms. The van der Waals surface area contributed by atoms with Crippen LogP contribution in [0.4, 0.5) is 5.69 Å². The zero-order chi connectivity index (χ0) is 21.7. The van der Waals surface area contributed by atoms with Crippen molar-refractivity contribution in [3.05, 3.63) is 83.4 Å². The van der Waals surface area contributed by atoms with Crippen LogP contribution in [0.2, 0.25) is 0 Å². The minimum absolute atomic E-state index is 0.460. The fourth-order valence-corrected chi connectivity index (χ4v) is 3.14. The molecule has 0 N–H and O–H groups in total. The van der Waals surface area contributed by atoms with E-state index in [0.717, 1.165) is 22.6 Å². The smallest absolute Gasteiger partial charge is 0.239 e. The van der Waals surface area contributed by atoms with E-state index < -0.39 is 5.60 Å². The second kappa shape index (κ2) is 9.04. The molecular weight excluding hydrogens is 374 g/mol. The van der Waals surface area contributed by atoms with Gasteiger partial charge in [0.15, 0.2) is 17.1 Å². The van der Waals surface area contributed by atoms with Gasteiger partial charge in [-0.15, -0.1) is 0 Å². The zero-order valence-corrected chi connectivity index (χ0v) is 18.5. The Morgan fingerprint density at radius 1 is 0.767 bits per heavy atom. The van der Waals surface area contributed by atoms with Crippen LogP contribution in [0.1, 0.15) is 30.5 Å². The van der Waals surface area contributed by atoms with Crippen LogP contribution < -0.4 is 14.2 Å². The predicted octanol–water partition coefficient (Wildman–Crippen LogP) is 6.59. The molecule has 0 fully saturated rings. The SMILES string of the molecule is COc1ccccc1OC(C)(C)/C(=N/c1ccc(C)cc1)Oc1cc(C)cc(C)c1. The van der Waals surface area contributed by atoms with E-state index in [1.54, 1.807) is 7.11 Å². The maximum Gasteiger partial charge on any atom is 0.239 e. The summed E-state index contributed by atoms with van der Waals surface area (Å²) in [6.07, 6.45) is 0. The molecule has 3 aromatic carbocycles. The Labute approximate surface area is 179 Å². The molecule has 0 radical (unpaired) electrons. The molecule has 0 saturated heterocycles. The Morgan fingerprint density at radius 2 is 1.37 bits per heavy atom. The predicted molar refractivity (Wildman–Crippen MR) is 123 cm³/mol. The monoisotopic (exact) mass is 403 g/mol. The lowest BCUT2D eigenvalue weighted by molar-refractivity contribution is 0.155. The summed E-state index contributed by atoms with van der Waals surface area (Å²) < 4.78 is 18.1. The summed E-state index contributed by atoms with van der Waals surface area (Å²) in [5.74, 6) is 2.48. The molecule has 30 heavy (non-hydrogen) atoms. The highest BCUT2D eigenvalue weighted by Crippen LogP contribution is 2.31. The molecule has 4 nitrogen and oxygen atoms in total. The van der Waals surface area contributed by atoms with Gasteiger partial charge >= 0.3 is 0 Å². The first-order valence-electron chi connectivity index (χ1n) is 10.0. The van der Waals surface area contributed by atoms with Crippen molar-refractivity contribution in [3.63, 3.8) is 0 Å². The minimum atomic E-state index is -0.850. The second-order valence-corrected chi connectivity index (χ2v) is 7.94. The van der Waals surface area contributed by atoms with Gasteiger partial charge in [-0.3, -0.25) is 0 Å². The van der Waals surface area contributed by atoms with E-state index in [2.05, 4.69) is 13.0 Å². The van der Waals surface area contributed by atoms with Crippen molar-refractivity contribution < 1.29 is 14.2 Å². The number of ether oxygens (including phenoxy) is 3. The molecule has 0 heterocycles. The van der Waals surface area contributed by atoms with E-state index in [9.17, 15) is 0 Å². The van der Waals surface area contributed by atoms with Crippen molar-refractivity contribution in [2.45, 2.75) is 40.2 Å². The largest absolute Gasteiger partial charge is 0.493 e. The molecule has 0 aliphatic carbocycles. The van der Waals surface area contributed by atoms with E-state index in [1.807, 2.05) is 88.4 Å². The molecule has 0 saturated carbocycles. The lowest BCUT2D eigenvalue weighted by Gasteiger charge is -2.28. The van der Waals surface area contributed by atoms with Crippen LogP contribution in [0.15, 0.2) is 71.7 Å². The average molecular weight is 404 g/mol. The van der Waals surface area contributed by atoms with Crippen LogP contribution >= 0.6 is 0 Å². The van der Waals surface area contributed by atoms with E-state index in [-0.39, 0.29) is 0 Å². The lowest BCUT2D eigenvalue weighted by Crippen LogP contribution is -2.41. The quantitative estimate of drug-likeness (QED) is 0.344. The summed E-state index contributed by atoms with van der Waals surface area (Å²) >= 11 is 0. The highest BCUT2D eigenvalue weighted by molar-refractivity contribution is 5.89. The lowest BCUT2D eigenvalue weighted by atomic mass is 10.1. The molecule has 0 unspecified atom stereocenters. The van der Waals surface area contributed by atoms with Crippen molar-refractivity contribution in [2.24, 2.45) is 4.99 Å². The van der Waals surface area contributed by atoms with Gasteiger partial charge in [0, 0.05) is 0 Å². The molecule has 0 atom stereocenters. The van der Waals surface area contributed by atoms with Crippen molar-refractivity contribution in [1.29, 1.82) is 0 Å². The fraction of sp³-hybridized carbons (Fsp3) is 0.269. The van der Waals surface area contributed by atoms with E-state index >= 15 is 0 Å². The summed E-state index contributed by atoms with van der Waals surface area (Å²) in [6.45, 7) is 10.0. The molecule has 0 bridgehead atoms. The Bertz CT molecular complexity index is 1020. The van der Waals surface area contributed by atoms with Gasteiger partial charge < -0.3 is 14.2 Å². The van der Waals surface area contributed by atoms with E-state index in [4.69, 9.17) is 19.2 Å². The topological polar surface area (TPSA) is 40.0 Å². The van der Waals surface area contributed by atoms with E-state index in [1.165, 1.54) is 5.56 Å². The van der Waals surface area contributed by atoms with Crippen molar-refractivity contribution in [2.75, 3.05) is 7.11 Å². The van der Waals surface area contributed by atoms with Crippen LogP contribution in [0.5, 0.6) is 17.2 Å². The van der Waals surface area contributed by atoms with Crippen LogP contribution in [0.25, 0.3) is 0 Å². The maximum atomic E-state index is 6.33. The molecular formula is C26H29NO3. The van der Waals surface area contributed by atoms with Gasteiger partial charge in [0.1, 0.15) is 5.75 Å². The third-order valence-corrected chi connectivity index (χ3v) is 4.62. The molecule has 4 heteroatoms. The number of hydrogen-bond donors (Lipinski definition) is 0. The van der Waals surface area contributed by atoms with Gasteiger partial charge in [-0.1, -0.05) is 35.9 Å². The number of hydrogen-bond acceptors (Lipinski definition) is 4. The first-order chi connectivity index (χ1) is 14.3. The van der Waals surface area contributed by atoms with Crippen molar-refractivity contribution in [1.82, 2.24) is 0 Å². The van der Waals surface area contributed by atoms with E-state index in [0.29, 0.717) is 17.4 Å². The van der Waals surface area contributed by atoms with Gasteiger partial charge in [0.05, 0.1) is 12.8 Å². The van der Waals surface area contributed by atoms with Crippen LogP contribution in [0.3, 0.4) is 0 Å². The van der Waals surface area contributed by atoms with Crippen LogP contribution in [0, 0.1) is 20.8 Å². The second-order valence-electron chi connectivity index (χ2n) is 7.94. The zero-order valence-electron chi connectivity index (χ0n) is 18.5. The molecule has 3 rings (SSSR count). The number of rotatable bonds is 6. The summed E-state index contributed by atoms with van der Waals surface area (Å²) in [5.41, 5.74) is 3.38. The summed E-state index contributed by atoms with van der Waals surface area (Å²) in [5, 5.41) is 0. The Kier molecular flexibility index (Phi) is 6.46. The molecule has 0 aliphatic heterocycles. The standard InChI is InChI=1S/C26H29NO3/c1-18-11-13-21(14-12-18)27-25(29-22-16-19(2)15-20(3)17-22)26(4,5)30-24-10-8-7-9-23(24)28-6/h7-17H,1-6H3/b27-25-. The molecule has 0 aromatic heterocycles. The van der Waals surface area contributed by atoms with Crippen molar-refractivity contribution >= 4 is 11.6 Å². The maximum absolute atomic E-state index is 6.33. The molecule has 0 aliphatic rings. The third-order valence-electron chi connectivity index (χ3n) is 4.62. The normalized spacial score (nSPS) is 11.9. The number of para-hydroxylation sites is 2. The molecule has 0 amide bonds. The fourth-order valence-electron chi connectivity index (χ4n) is 3.14. The summed E-state index contributed by atoms with van der Waals surface area (Å²) in [4.78, 5) is 4.81. The number of aliphatic imine (C=N–C) groups is 1. The number of methoxy groups -OCH3 is 1. The number of nitrogens with zero attached hydrogens (tertiary/aromatic N) is 1. The minimum Gasteiger partial charge on any atom is -0.493 e. The highest BCUT2D eigenvalue weighted by atomic mass is 16.6. The first kappa shape index (κ1) is 21.4. The number of benzene rings is 3. The van der Waals surface area contributed by atoms with Gasteiger partial charge in [-0.05, 0) is 82.1 Å². The van der Waals surface area contributed by atoms with Crippen molar-refractivity contribution in [3.8, 4) is 17.2 Å². The van der Waals surface area contributed by atoms with Crippen LogP contribution in [-0.4, -0.2) is 18.6 Å².